The summed E-state index contributed by atoms with van der Waals surface area (Å²) in [6.07, 6.45) is 1.32. The highest BCUT2D eigenvalue weighted by Gasteiger charge is 2.11. The molecule has 6 heteroatoms. The molecule has 0 aliphatic heterocycles. The summed E-state index contributed by atoms with van der Waals surface area (Å²) in [5.41, 5.74) is 1.50. The number of aromatic hydroxyl groups is 1. The van der Waals surface area contributed by atoms with Gasteiger partial charge in [-0.15, -0.1) is 0 Å². The highest BCUT2D eigenvalue weighted by Crippen LogP contribution is 2.34. The number of halogens is 2. The second-order valence-corrected chi connectivity index (χ2v) is 6.05. The number of aliphatic hydroxyl groups excluding tert-OH is 1. The molecule has 1 heterocycles. The number of aromatic nitrogens is 1. The van der Waals surface area contributed by atoms with Crippen molar-refractivity contribution in [3.8, 4) is 22.8 Å². The average molecular weight is 403 g/mol. The van der Waals surface area contributed by atoms with Crippen molar-refractivity contribution < 1.29 is 14.9 Å². The summed E-state index contributed by atoms with van der Waals surface area (Å²) >= 11 is 6.78. The van der Waals surface area contributed by atoms with E-state index in [0.717, 1.165) is 20.2 Å². The van der Waals surface area contributed by atoms with Crippen LogP contribution in [0, 0.1) is 0 Å². The maximum atomic E-state index is 9.98. The Balaban J connectivity index is 2.33. The standard InChI is InChI=1S/C14H13Br2NO3/c1-8(7-18)20-13-3-2-9(4-12(13)19)14-11(16)5-10(15)6-17-14/h2-6,8,18-19H,7H2,1H3. The van der Waals surface area contributed by atoms with E-state index in [-0.39, 0.29) is 18.5 Å². The van der Waals surface area contributed by atoms with Gasteiger partial charge >= 0.3 is 0 Å². The Morgan fingerprint density at radius 3 is 2.65 bits per heavy atom. The first-order chi connectivity index (χ1) is 9.51. The van der Waals surface area contributed by atoms with Gasteiger partial charge in [-0.1, -0.05) is 0 Å². The van der Waals surface area contributed by atoms with E-state index in [1.54, 1.807) is 31.3 Å². The Kier molecular flexibility index (Phi) is 5.01. The maximum absolute atomic E-state index is 9.98. The van der Waals surface area contributed by atoms with Crippen molar-refractivity contribution in [1.82, 2.24) is 4.98 Å². The normalized spacial score (nSPS) is 12.2. The summed E-state index contributed by atoms with van der Waals surface area (Å²) in [4.78, 5) is 4.31. The molecule has 1 atom stereocenters. The van der Waals surface area contributed by atoms with Crippen LogP contribution in [0.3, 0.4) is 0 Å². The van der Waals surface area contributed by atoms with Crippen molar-refractivity contribution in [2.75, 3.05) is 6.61 Å². The predicted molar refractivity (Wildman–Crippen MR) is 83.9 cm³/mol. The molecule has 0 bridgehead atoms. The molecule has 2 aromatic rings. The molecule has 2 N–H and O–H groups in total. The summed E-state index contributed by atoms with van der Waals surface area (Å²) < 4.78 is 7.09. The first kappa shape index (κ1) is 15.3. The summed E-state index contributed by atoms with van der Waals surface area (Å²) in [7, 11) is 0. The van der Waals surface area contributed by atoms with Gasteiger partial charge in [-0.3, -0.25) is 4.98 Å². The van der Waals surface area contributed by atoms with Crippen molar-refractivity contribution in [1.29, 1.82) is 0 Å². The molecule has 20 heavy (non-hydrogen) atoms. The minimum absolute atomic E-state index is 0.0134. The van der Waals surface area contributed by atoms with E-state index < -0.39 is 0 Å². The third-order valence-corrected chi connectivity index (χ3v) is 3.66. The molecule has 106 valence electrons. The molecule has 1 unspecified atom stereocenters. The number of rotatable bonds is 4. The van der Waals surface area contributed by atoms with Gasteiger partial charge in [-0.05, 0) is 63.0 Å². The predicted octanol–water partition coefficient (Wildman–Crippen LogP) is 3.74. The highest BCUT2D eigenvalue weighted by atomic mass is 79.9. The number of ether oxygens (including phenoxy) is 1. The van der Waals surface area contributed by atoms with Gasteiger partial charge < -0.3 is 14.9 Å². The van der Waals surface area contributed by atoms with Gasteiger partial charge in [-0.2, -0.15) is 0 Å². The molecule has 2 rings (SSSR count). The van der Waals surface area contributed by atoms with Gasteiger partial charge in [0.05, 0.1) is 12.3 Å². The van der Waals surface area contributed by atoms with Gasteiger partial charge in [0.15, 0.2) is 11.5 Å². The van der Waals surface area contributed by atoms with E-state index >= 15 is 0 Å². The van der Waals surface area contributed by atoms with Crippen LogP contribution in [-0.2, 0) is 0 Å². The number of pyridine rings is 1. The fraction of sp³-hybridized carbons (Fsp3) is 0.214. The molecule has 0 aliphatic rings. The zero-order valence-electron chi connectivity index (χ0n) is 10.7. The molecule has 0 fully saturated rings. The first-order valence-corrected chi connectivity index (χ1v) is 7.52. The number of hydrogen-bond donors (Lipinski definition) is 2. The van der Waals surface area contributed by atoms with Crippen molar-refractivity contribution in [2.45, 2.75) is 13.0 Å². The Morgan fingerprint density at radius 2 is 2.05 bits per heavy atom. The lowest BCUT2D eigenvalue weighted by molar-refractivity contribution is 0.126. The van der Waals surface area contributed by atoms with Crippen molar-refractivity contribution in [3.05, 3.63) is 39.4 Å². The van der Waals surface area contributed by atoms with Crippen LogP contribution < -0.4 is 4.74 Å². The van der Waals surface area contributed by atoms with E-state index in [1.165, 1.54) is 0 Å². The molecular weight excluding hydrogens is 390 g/mol. The molecule has 1 aromatic heterocycles. The fourth-order valence-electron chi connectivity index (χ4n) is 1.65. The number of aliphatic hydroxyl groups is 1. The number of nitrogens with zero attached hydrogens (tertiary/aromatic N) is 1. The van der Waals surface area contributed by atoms with E-state index in [9.17, 15) is 5.11 Å². The van der Waals surface area contributed by atoms with E-state index in [1.807, 2.05) is 6.07 Å². The summed E-state index contributed by atoms with van der Waals surface area (Å²) in [5, 5.41) is 18.9. The monoisotopic (exact) mass is 401 g/mol. The molecule has 0 radical (unpaired) electrons. The third kappa shape index (κ3) is 3.50. The molecule has 0 saturated carbocycles. The molecule has 4 nitrogen and oxygen atoms in total. The molecule has 0 spiro atoms. The van der Waals surface area contributed by atoms with E-state index in [4.69, 9.17) is 9.84 Å². The first-order valence-electron chi connectivity index (χ1n) is 5.93. The minimum Gasteiger partial charge on any atom is -0.504 e. The molecule has 0 amide bonds. The van der Waals surface area contributed by atoms with Crippen LogP contribution >= 0.6 is 31.9 Å². The lowest BCUT2D eigenvalue weighted by atomic mass is 10.1. The van der Waals surface area contributed by atoms with E-state index in [2.05, 4.69) is 36.8 Å². The van der Waals surface area contributed by atoms with Gasteiger partial charge in [0.2, 0.25) is 0 Å². The fourth-order valence-corrected chi connectivity index (χ4v) is 2.86. The van der Waals surface area contributed by atoms with Crippen molar-refractivity contribution >= 4 is 31.9 Å². The number of hydrogen-bond acceptors (Lipinski definition) is 4. The summed E-state index contributed by atoms with van der Waals surface area (Å²) in [6, 6.07) is 6.94. The highest BCUT2D eigenvalue weighted by molar-refractivity contribution is 9.11. The van der Waals surface area contributed by atoms with Gasteiger partial charge in [0.25, 0.3) is 0 Å². The van der Waals surface area contributed by atoms with Gasteiger partial charge in [0.1, 0.15) is 6.10 Å². The lowest BCUT2D eigenvalue weighted by Gasteiger charge is -2.14. The average Bonchev–Trinajstić information content (AvgIpc) is 2.41. The molecule has 0 saturated heterocycles. The largest absolute Gasteiger partial charge is 0.504 e. The van der Waals surface area contributed by atoms with Gasteiger partial charge in [0, 0.05) is 20.7 Å². The summed E-state index contributed by atoms with van der Waals surface area (Å²) in [6.45, 7) is 1.61. The van der Waals surface area contributed by atoms with Crippen LogP contribution in [0.5, 0.6) is 11.5 Å². The lowest BCUT2D eigenvalue weighted by Crippen LogP contribution is -2.16. The second kappa shape index (κ2) is 6.56. The zero-order valence-corrected chi connectivity index (χ0v) is 13.8. The Bertz CT molecular complexity index is 619. The SMILES string of the molecule is CC(CO)Oc1ccc(-c2ncc(Br)cc2Br)cc1O. The molecule has 1 aromatic carbocycles. The number of phenolic OH excluding ortho intramolecular Hbond substituents is 1. The Labute approximate surface area is 133 Å². The van der Waals surface area contributed by atoms with Gasteiger partial charge in [-0.25, -0.2) is 0 Å². The quantitative estimate of drug-likeness (QED) is 0.817. The number of phenols is 1. The maximum Gasteiger partial charge on any atom is 0.161 e. The van der Waals surface area contributed by atoms with Crippen LogP contribution in [0.4, 0.5) is 0 Å². The third-order valence-electron chi connectivity index (χ3n) is 2.63. The van der Waals surface area contributed by atoms with E-state index in [0.29, 0.717) is 5.75 Å². The zero-order chi connectivity index (χ0) is 14.7. The van der Waals surface area contributed by atoms with Crippen molar-refractivity contribution in [3.63, 3.8) is 0 Å². The molecule has 0 aliphatic carbocycles. The second-order valence-electron chi connectivity index (χ2n) is 4.28. The van der Waals surface area contributed by atoms with Crippen molar-refractivity contribution in [2.24, 2.45) is 0 Å². The van der Waals surface area contributed by atoms with Crippen LogP contribution in [-0.4, -0.2) is 27.9 Å². The summed E-state index contributed by atoms with van der Waals surface area (Å²) in [5.74, 6) is 0.350. The minimum atomic E-state index is -0.371. The number of benzene rings is 1. The Morgan fingerprint density at radius 1 is 1.30 bits per heavy atom. The van der Waals surface area contributed by atoms with Crippen LogP contribution in [0.25, 0.3) is 11.3 Å². The van der Waals surface area contributed by atoms with Crippen LogP contribution in [0.15, 0.2) is 39.4 Å². The Hall–Kier alpha value is -1.11. The van der Waals surface area contributed by atoms with Crippen LogP contribution in [0.2, 0.25) is 0 Å². The van der Waals surface area contributed by atoms with Crippen LogP contribution in [0.1, 0.15) is 6.92 Å². The molecular formula is C14H13Br2NO3. The topological polar surface area (TPSA) is 62.6 Å². The smallest absolute Gasteiger partial charge is 0.161 e.